The van der Waals surface area contributed by atoms with Crippen LogP contribution < -0.4 is 0 Å². The third-order valence-corrected chi connectivity index (χ3v) is 5.87. The number of carboxylic acids is 1. The topological polar surface area (TPSA) is 77.9 Å². The summed E-state index contributed by atoms with van der Waals surface area (Å²) in [7, 11) is -3.65. The van der Waals surface area contributed by atoms with E-state index in [9.17, 15) is 13.2 Å². The van der Waals surface area contributed by atoms with Gasteiger partial charge in [0.15, 0.2) is 0 Å². The smallest absolute Gasteiger partial charge is 0.322 e. The number of carboxylic acid groups (broad SMARTS) is 1. The summed E-state index contributed by atoms with van der Waals surface area (Å²) in [5, 5.41) is 9.05. The second kappa shape index (κ2) is 6.74. The maximum atomic E-state index is 12.4. The Bertz CT molecular complexity index is 379. The summed E-state index contributed by atoms with van der Waals surface area (Å²) in [5.74, 6) is -0.527. The van der Waals surface area contributed by atoms with Gasteiger partial charge in [0.25, 0.3) is 10.2 Å². The Morgan fingerprint density at radius 3 is 2.39 bits per heavy atom. The highest BCUT2D eigenvalue weighted by molar-refractivity contribution is 8.00. The summed E-state index contributed by atoms with van der Waals surface area (Å²) in [4.78, 5) is 11.1. The van der Waals surface area contributed by atoms with Crippen LogP contribution in [-0.2, 0) is 15.0 Å². The van der Waals surface area contributed by atoms with Crippen LogP contribution in [0.1, 0.15) is 26.7 Å². The lowest BCUT2D eigenvalue weighted by Crippen LogP contribution is -2.49. The number of hydrogen-bond donors (Lipinski definition) is 1. The Kier molecular flexibility index (Phi) is 5.90. The predicted molar refractivity (Wildman–Crippen MR) is 71.7 cm³/mol. The van der Waals surface area contributed by atoms with E-state index in [0.717, 1.165) is 17.1 Å². The van der Waals surface area contributed by atoms with Crippen molar-refractivity contribution >= 4 is 27.9 Å². The second-order valence-corrected chi connectivity index (χ2v) is 7.03. The van der Waals surface area contributed by atoms with E-state index >= 15 is 0 Å². The third-order valence-electron chi connectivity index (χ3n) is 2.70. The maximum Gasteiger partial charge on any atom is 0.322 e. The molecule has 8 heteroatoms. The molecule has 0 spiro atoms. The van der Waals surface area contributed by atoms with Crippen LogP contribution in [0, 0.1) is 0 Å². The molecule has 1 N–H and O–H groups in total. The van der Waals surface area contributed by atoms with Crippen LogP contribution in [0.2, 0.25) is 0 Å². The zero-order valence-electron chi connectivity index (χ0n) is 10.7. The fourth-order valence-electron chi connectivity index (χ4n) is 1.84. The van der Waals surface area contributed by atoms with Gasteiger partial charge in [-0.15, -0.1) is 11.8 Å². The van der Waals surface area contributed by atoms with Gasteiger partial charge >= 0.3 is 5.97 Å². The summed E-state index contributed by atoms with van der Waals surface area (Å²) in [6, 6.07) is -0.934. The molecular formula is C10H20N2O4S2. The molecule has 0 aromatic rings. The van der Waals surface area contributed by atoms with Crippen LogP contribution >= 0.6 is 11.8 Å². The van der Waals surface area contributed by atoms with Crippen molar-refractivity contribution in [3.05, 3.63) is 0 Å². The van der Waals surface area contributed by atoms with E-state index in [1.54, 1.807) is 0 Å². The maximum absolute atomic E-state index is 12.4. The van der Waals surface area contributed by atoms with Crippen LogP contribution in [0.5, 0.6) is 0 Å². The molecule has 1 saturated heterocycles. The minimum absolute atomic E-state index is 0.225. The normalized spacial score (nSPS) is 21.6. The largest absolute Gasteiger partial charge is 0.480 e. The van der Waals surface area contributed by atoms with Crippen molar-refractivity contribution in [2.75, 3.05) is 24.7 Å². The third kappa shape index (κ3) is 3.37. The van der Waals surface area contributed by atoms with Crippen LogP contribution in [0.3, 0.4) is 0 Å². The molecule has 1 aliphatic heterocycles. The molecule has 0 unspecified atom stereocenters. The predicted octanol–water partition coefficient (Wildman–Crippen LogP) is 0.813. The SMILES string of the molecule is CCCN(CCC)S(=O)(=O)N1CSC[C@@H]1C(=O)O. The Morgan fingerprint density at radius 2 is 1.94 bits per heavy atom. The van der Waals surface area contributed by atoms with Gasteiger partial charge in [0.05, 0.1) is 5.88 Å². The molecular weight excluding hydrogens is 276 g/mol. The van der Waals surface area contributed by atoms with Gasteiger partial charge in [-0.3, -0.25) is 4.79 Å². The van der Waals surface area contributed by atoms with Crippen molar-refractivity contribution in [2.24, 2.45) is 0 Å². The van der Waals surface area contributed by atoms with Gasteiger partial charge in [0.2, 0.25) is 0 Å². The number of aliphatic carboxylic acids is 1. The van der Waals surface area contributed by atoms with E-state index in [1.165, 1.54) is 16.1 Å². The number of nitrogens with zero attached hydrogens (tertiary/aromatic N) is 2. The molecule has 1 aliphatic rings. The van der Waals surface area contributed by atoms with E-state index in [4.69, 9.17) is 5.11 Å². The van der Waals surface area contributed by atoms with E-state index < -0.39 is 22.2 Å². The van der Waals surface area contributed by atoms with Crippen molar-refractivity contribution < 1.29 is 18.3 Å². The first-order valence-corrected chi connectivity index (χ1v) is 8.57. The van der Waals surface area contributed by atoms with Crippen LogP contribution in [0.4, 0.5) is 0 Å². The Balaban J connectivity index is 2.92. The first-order chi connectivity index (χ1) is 8.45. The minimum atomic E-state index is -3.65. The molecule has 0 amide bonds. The van der Waals surface area contributed by atoms with Gasteiger partial charge < -0.3 is 5.11 Å². The fraction of sp³-hybridized carbons (Fsp3) is 0.900. The summed E-state index contributed by atoms with van der Waals surface area (Å²) in [5.41, 5.74) is 0. The van der Waals surface area contributed by atoms with E-state index in [-0.39, 0.29) is 5.88 Å². The molecule has 106 valence electrons. The van der Waals surface area contributed by atoms with Crippen molar-refractivity contribution in [1.29, 1.82) is 0 Å². The van der Waals surface area contributed by atoms with Gasteiger partial charge in [-0.25, -0.2) is 0 Å². The number of carbonyl (C=O) groups is 1. The van der Waals surface area contributed by atoms with E-state index in [0.29, 0.717) is 18.8 Å². The lowest BCUT2D eigenvalue weighted by Gasteiger charge is -2.28. The molecule has 1 heterocycles. The zero-order valence-corrected chi connectivity index (χ0v) is 12.3. The van der Waals surface area contributed by atoms with Crippen molar-refractivity contribution in [1.82, 2.24) is 8.61 Å². The Labute approximate surface area is 113 Å². The van der Waals surface area contributed by atoms with Crippen molar-refractivity contribution in [2.45, 2.75) is 32.7 Å². The second-order valence-electron chi connectivity index (χ2n) is 4.15. The molecule has 0 aromatic heterocycles. The van der Waals surface area contributed by atoms with Gasteiger partial charge in [-0.1, -0.05) is 13.8 Å². The highest BCUT2D eigenvalue weighted by Gasteiger charge is 2.41. The highest BCUT2D eigenvalue weighted by Crippen LogP contribution is 2.26. The average molecular weight is 296 g/mol. The summed E-state index contributed by atoms with van der Waals surface area (Å²) in [6.07, 6.45) is 1.44. The molecule has 0 aliphatic carbocycles. The van der Waals surface area contributed by atoms with Gasteiger partial charge in [0, 0.05) is 18.8 Å². The van der Waals surface area contributed by atoms with E-state index in [2.05, 4.69) is 0 Å². The zero-order chi connectivity index (χ0) is 13.8. The lowest BCUT2D eigenvalue weighted by atomic mass is 10.4. The minimum Gasteiger partial charge on any atom is -0.480 e. The monoisotopic (exact) mass is 296 g/mol. The first-order valence-electron chi connectivity index (χ1n) is 6.02. The van der Waals surface area contributed by atoms with Crippen LogP contribution in [0.15, 0.2) is 0 Å². The molecule has 0 bridgehead atoms. The highest BCUT2D eigenvalue weighted by atomic mass is 32.2. The summed E-state index contributed by atoms with van der Waals surface area (Å²) >= 11 is 1.34. The fourth-order valence-corrected chi connectivity index (χ4v) is 5.31. The summed E-state index contributed by atoms with van der Waals surface area (Å²) < 4.78 is 27.3. The molecule has 0 radical (unpaired) electrons. The molecule has 18 heavy (non-hydrogen) atoms. The lowest BCUT2D eigenvalue weighted by molar-refractivity contribution is -0.140. The van der Waals surface area contributed by atoms with Gasteiger partial charge in [0.1, 0.15) is 6.04 Å². The quantitative estimate of drug-likeness (QED) is 0.752. The average Bonchev–Trinajstić information content (AvgIpc) is 2.78. The summed E-state index contributed by atoms with van der Waals surface area (Å²) in [6.45, 7) is 4.69. The molecule has 6 nitrogen and oxygen atoms in total. The molecule has 1 fully saturated rings. The Hall–Kier alpha value is -0.310. The van der Waals surface area contributed by atoms with Gasteiger partial charge in [-0.2, -0.15) is 17.0 Å². The first kappa shape index (κ1) is 15.7. The van der Waals surface area contributed by atoms with Gasteiger partial charge in [-0.05, 0) is 12.8 Å². The molecule has 0 aromatic carbocycles. The number of hydrogen-bond acceptors (Lipinski definition) is 4. The Morgan fingerprint density at radius 1 is 1.39 bits per heavy atom. The molecule has 1 rings (SSSR count). The standard InChI is InChI=1S/C10H20N2O4S2/c1-3-5-11(6-4-2)18(15,16)12-8-17-7-9(12)10(13)14/h9H,3-8H2,1-2H3,(H,13,14)/t9-/m1/s1. The van der Waals surface area contributed by atoms with Crippen molar-refractivity contribution in [3.8, 4) is 0 Å². The number of rotatable bonds is 7. The van der Waals surface area contributed by atoms with E-state index in [1.807, 2.05) is 13.8 Å². The van der Waals surface area contributed by atoms with Crippen LogP contribution in [0.25, 0.3) is 0 Å². The number of thioether (sulfide) groups is 1. The molecule has 0 saturated carbocycles. The van der Waals surface area contributed by atoms with Crippen molar-refractivity contribution in [3.63, 3.8) is 0 Å². The molecule has 1 atom stereocenters. The van der Waals surface area contributed by atoms with Crippen LogP contribution in [-0.4, -0.2) is 58.9 Å².